The molecular formula is C19H26N6O. The van der Waals surface area contributed by atoms with E-state index < -0.39 is 0 Å². The summed E-state index contributed by atoms with van der Waals surface area (Å²) in [6.45, 7) is 5.05. The van der Waals surface area contributed by atoms with Gasteiger partial charge >= 0.3 is 6.03 Å². The van der Waals surface area contributed by atoms with Gasteiger partial charge in [0.2, 0.25) is 0 Å². The van der Waals surface area contributed by atoms with Crippen LogP contribution >= 0.6 is 0 Å². The number of pyridine rings is 2. The number of nitrogens with one attached hydrogen (secondary N) is 1. The Kier molecular flexibility index (Phi) is 6.01. The van der Waals surface area contributed by atoms with Crippen LogP contribution in [-0.2, 0) is 13.1 Å². The molecule has 0 spiro atoms. The predicted octanol–water partition coefficient (Wildman–Crippen LogP) is 1.57. The molecular weight excluding hydrogens is 328 g/mol. The summed E-state index contributed by atoms with van der Waals surface area (Å²) in [5.41, 5.74) is 1.85. The summed E-state index contributed by atoms with van der Waals surface area (Å²) in [6.07, 6.45) is 3.57. The first-order valence-corrected chi connectivity index (χ1v) is 8.89. The fraction of sp³-hybridized carbons (Fsp3) is 0.421. The molecule has 1 aliphatic rings. The zero-order chi connectivity index (χ0) is 18.4. The van der Waals surface area contributed by atoms with Gasteiger partial charge in [-0.25, -0.2) is 9.78 Å². The van der Waals surface area contributed by atoms with Crippen molar-refractivity contribution in [1.29, 1.82) is 0 Å². The van der Waals surface area contributed by atoms with Crippen molar-refractivity contribution >= 4 is 11.8 Å². The molecule has 2 aromatic heterocycles. The summed E-state index contributed by atoms with van der Waals surface area (Å²) in [6, 6.07) is 9.62. The lowest BCUT2D eigenvalue weighted by Gasteiger charge is -2.33. The Morgan fingerprint density at radius 3 is 2.62 bits per heavy atom. The highest BCUT2D eigenvalue weighted by atomic mass is 16.2. The molecule has 7 heteroatoms. The first-order valence-electron chi connectivity index (χ1n) is 8.89. The van der Waals surface area contributed by atoms with E-state index in [1.54, 1.807) is 18.1 Å². The van der Waals surface area contributed by atoms with Gasteiger partial charge in [-0.2, -0.15) is 0 Å². The largest absolute Gasteiger partial charge is 0.354 e. The molecule has 0 radical (unpaired) electrons. The third-order valence-corrected chi connectivity index (χ3v) is 4.55. The van der Waals surface area contributed by atoms with Gasteiger partial charge in [0.1, 0.15) is 5.82 Å². The Labute approximate surface area is 154 Å². The minimum atomic E-state index is -0.126. The number of urea groups is 1. The van der Waals surface area contributed by atoms with Gasteiger partial charge in [-0.1, -0.05) is 12.1 Å². The number of nitrogens with zero attached hydrogens (tertiary/aromatic N) is 5. The molecule has 0 saturated carbocycles. The van der Waals surface area contributed by atoms with E-state index in [0.717, 1.165) is 43.3 Å². The van der Waals surface area contributed by atoms with Crippen molar-refractivity contribution in [1.82, 2.24) is 25.1 Å². The smallest absolute Gasteiger partial charge is 0.317 e. The lowest BCUT2D eigenvalue weighted by Crippen LogP contribution is -2.44. The third kappa shape index (κ3) is 4.92. The van der Waals surface area contributed by atoms with E-state index in [2.05, 4.69) is 32.1 Å². The van der Waals surface area contributed by atoms with Gasteiger partial charge < -0.3 is 20.0 Å². The quantitative estimate of drug-likeness (QED) is 0.883. The first kappa shape index (κ1) is 18.1. The molecule has 3 heterocycles. The number of likely N-dealkylation sites (N-methyl/N-ethyl adjacent to an activating group) is 1. The van der Waals surface area contributed by atoms with Crippen LogP contribution in [0.25, 0.3) is 0 Å². The van der Waals surface area contributed by atoms with Gasteiger partial charge in [0, 0.05) is 52.2 Å². The Bertz CT molecular complexity index is 698. The number of carbonyl (C=O) groups excluding carboxylic acids is 1. The van der Waals surface area contributed by atoms with Crippen molar-refractivity contribution < 1.29 is 4.79 Å². The molecule has 0 bridgehead atoms. The molecule has 2 amide bonds. The van der Waals surface area contributed by atoms with Crippen LogP contribution in [-0.4, -0.2) is 66.1 Å². The fourth-order valence-electron chi connectivity index (χ4n) is 2.86. The van der Waals surface area contributed by atoms with Crippen LogP contribution in [0, 0.1) is 0 Å². The molecule has 1 saturated heterocycles. The fourth-order valence-corrected chi connectivity index (χ4v) is 2.86. The van der Waals surface area contributed by atoms with E-state index in [-0.39, 0.29) is 6.03 Å². The topological polar surface area (TPSA) is 64.6 Å². The first-order chi connectivity index (χ1) is 12.6. The van der Waals surface area contributed by atoms with Crippen molar-refractivity contribution in [3.05, 3.63) is 54.0 Å². The summed E-state index contributed by atoms with van der Waals surface area (Å²) < 4.78 is 0. The van der Waals surface area contributed by atoms with E-state index >= 15 is 0 Å². The van der Waals surface area contributed by atoms with Gasteiger partial charge in [0.05, 0.1) is 12.2 Å². The minimum Gasteiger partial charge on any atom is -0.354 e. The van der Waals surface area contributed by atoms with Gasteiger partial charge in [0.25, 0.3) is 0 Å². The summed E-state index contributed by atoms with van der Waals surface area (Å²) >= 11 is 0. The molecule has 7 nitrogen and oxygen atoms in total. The van der Waals surface area contributed by atoms with Crippen molar-refractivity contribution in [3.63, 3.8) is 0 Å². The molecule has 0 aliphatic carbocycles. The van der Waals surface area contributed by atoms with Crippen LogP contribution in [0.2, 0.25) is 0 Å². The average molecular weight is 354 g/mol. The number of aromatic nitrogens is 2. The molecule has 0 atom stereocenters. The van der Waals surface area contributed by atoms with Gasteiger partial charge in [-0.3, -0.25) is 4.98 Å². The second kappa shape index (κ2) is 8.62. The van der Waals surface area contributed by atoms with Crippen LogP contribution in [0.1, 0.15) is 11.3 Å². The molecule has 1 fully saturated rings. The maximum atomic E-state index is 12.2. The van der Waals surface area contributed by atoms with Crippen LogP contribution in [0.3, 0.4) is 0 Å². The van der Waals surface area contributed by atoms with Crippen molar-refractivity contribution in [3.8, 4) is 0 Å². The maximum absolute atomic E-state index is 12.2. The van der Waals surface area contributed by atoms with Gasteiger partial charge in [0.15, 0.2) is 0 Å². The Morgan fingerprint density at radius 1 is 1.15 bits per heavy atom. The lowest BCUT2D eigenvalue weighted by molar-refractivity contribution is 0.206. The number of rotatable bonds is 5. The second-order valence-electron chi connectivity index (χ2n) is 6.65. The van der Waals surface area contributed by atoms with Crippen LogP contribution in [0.4, 0.5) is 10.6 Å². The number of anilines is 1. The van der Waals surface area contributed by atoms with Crippen molar-refractivity contribution in [2.24, 2.45) is 0 Å². The predicted molar refractivity (Wildman–Crippen MR) is 102 cm³/mol. The second-order valence-corrected chi connectivity index (χ2v) is 6.65. The summed E-state index contributed by atoms with van der Waals surface area (Å²) in [4.78, 5) is 27.2. The monoisotopic (exact) mass is 354 g/mol. The highest BCUT2D eigenvalue weighted by molar-refractivity contribution is 5.73. The highest BCUT2D eigenvalue weighted by Crippen LogP contribution is 2.13. The number of hydrogen-bond donors (Lipinski definition) is 1. The summed E-state index contributed by atoms with van der Waals surface area (Å²) in [7, 11) is 3.90. The molecule has 0 aromatic carbocycles. The normalized spacial score (nSPS) is 14.9. The Morgan fingerprint density at radius 2 is 1.96 bits per heavy atom. The molecule has 1 aliphatic heterocycles. The zero-order valence-electron chi connectivity index (χ0n) is 15.4. The lowest BCUT2D eigenvalue weighted by atomic mass is 10.2. The van der Waals surface area contributed by atoms with Crippen LogP contribution in [0.15, 0.2) is 42.7 Å². The van der Waals surface area contributed by atoms with Gasteiger partial charge in [-0.05, 0) is 30.8 Å². The SMILES string of the molecule is CN1CCN(c2ccc(CNC(=O)N(C)Cc3ccccn3)cn2)CC1. The van der Waals surface area contributed by atoms with E-state index in [1.807, 2.05) is 36.5 Å². The number of carbonyl (C=O) groups is 1. The standard InChI is InChI=1S/C19H26N6O/c1-23-9-11-25(12-10-23)18-7-6-16(13-21-18)14-22-19(26)24(2)15-17-5-3-4-8-20-17/h3-8,13H,9-12,14-15H2,1-2H3,(H,22,26). The highest BCUT2D eigenvalue weighted by Gasteiger charge is 2.15. The third-order valence-electron chi connectivity index (χ3n) is 4.55. The molecule has 3 rings (SSSR count). The zero-order valence-corrected chi connectivity index (χ0v) is 15.4. The van der Waals surface area contributed by atoms with Crippen molar-refractivity contribution in [2.45, 2.75) is 13.1 Å². The number of amides is 2. The van der Waals surface area contributed by atoms with Crippen LogP contribution in [0.5, 0.6) is 0 Å². The van der Waals surface area contributed by atoms with E-state index in [0.29, 0.717) is 13.1 Å². The minimum absolute atomic E-state index is 0.126. The number of hydrogen-bond acceptors (Lipinski definition) is 5. The van der Waals surface area contributed by atoms with E-state index in [9.17, 15) is 4.79 Å². The number of piperazine rings is 1. The van der Waals surface area contributed by atoms with Crippen LogP contribution < -0.4 is 10.2 Å². The molecule has 2 aromatic rings. The Balaban J connectivity index is 1.47. The maximum Gasteiger partial charge on any atom is 0.317 e. The van der Waals surface area contributed by atoms with Crippen molar-refractivity contribution in [2.75, 3.05) is 45.2 Å². The van der Waals surface area contributed by atoms with E-state index in [1.165, 1.54) is 0 Å². The molecule has 1 N–H and O–H groups in total. The van der Waals surface area contributed by atoms with Gasteiger partial charge in [-0.15, -0.1) is 0 Å². The summed E-state index contributed by atoms with van der Waals surface area (Å²) in [5.74, 6) is 1.00. The molecule has 138 valence electrons. The average Bonchev–Trinajstić information content (AvgIpc) is 2.68. The summed E-state index contributed by atoms with van der Waals surface area (Å²) in [5, 5.41) is 2.92. The van der Waals surface area contributed by atoms with E-state index in [4.69, 9.17) is 0 Å². The molecule has 0 unspecified atom stereocenters. The molecule has 26 heavy (non-hydrogen) atoms. The Hall–Kier alpha value is -2.67.